The highest BCUT2D eigenvalue weighted by molar-refractivity contribution is 7.16. The molecule has 0 saturated carbocycles. The van der Waals surface area contributed by atoms with E-state index < -0.39 is 5.41 Å². The van der Waals surface area contributed by atoms with Crippen LogP contribution < -0.4 is 14.3 Å². The summed E-state index contributed by atoms with van der Waals surface area (Å²) in [5.41, 5.74) is 0.271. The monoisotopic (exact) mass is 378 g/mol. The lowest BCUT2D eigenvalue weighted by atomic mass is 9.96. The first-order valence-corrected chi connectivity index (χ1v) is 9.29. The van der Waals surface area contributed by atoms with Crippen LogP contribution in [0.3, 0.4) is 0 Å². The lowest BCUT2D eigenvalue weighted by Gasteiger charge is -2.12. The zero-order valence-corrected chi connectivity index (χ0v) is 16.1. The van der Waals surface area contributed by atoms with E-state index in [9.17, 15) is 9.59 Å². The second kappa shape index (κ2) is 7.11. The number of carbonyl (C=O) groups is 2. The summed E-state index contributed by atoms with van der Waals surface area (Å²) in [7, 11) is 0. The van der Waals surface area contributed by atoms with Crippen molar-refractivity contribution >= 4 is 33.4 Å². The summed E-state index contributed by atoms with van der Waals surface area (Å²) in [6.45, 7) is 8.15. The summed E-state index contributed by atoms with van der Waals surface area (Å²) in [5, 5.41) is 0. The predicted octanol–water partition coefficient (Wildman–Crippen LogP) is 2.86. The Morgan fingerprint density at radius 1 is 1.27 bits per heavy atom. The summed E-state index contributed by atoms with van der Waals surface area (Å²) in [4.78, 5) is 29.0. The molecule has 1 aromatic carbocycles. The van der Waals surface area contributed by atoms with Crippen molar-refractivity contribution in [2.75, 3.05) is 13.4 Å². The van der Waals surface area contributed by atoms with E-state index >= 15 is 0 Å². The highest BCUT2D eigenvalue weighted by Crippen LogP contribution is 2.37. The maximum atomic E-state index is 12.4. The molecule has 0 atom stereocenters. The number of esters is 1. The Balaban J connectivity index is 2.07. The van der Waals surface area contributed by atoms with E-state index in [0.717, 1.165) is 10.2 Å². The van der Waals surface area contributed by atoms with Crippen LogP contribution in [-0.2, 0) is 20.9 Å². The van der Waals surface area contributed by atoms with Gasteiger partial charge in [0.05, 0.1) is 23.2 Å². The number of aryl methyl sites for hydroxylation is 1. The molecule has 2 aromatic rings. The second-order valence-electron chi connectivity index (χ2n) is 6.93. The minimum atomic E-state index is -0.580. The number of amides is 1. The van der Waals surface area contributed by atoms with Crippen molar-refractivity contribution in [1.29, 1.82) is 0 Å². The van der Waals surface area contributed by atoms with Gasteiger partial charge in [-0.25, -0.2) is 0 Å². The third kappa shape index (κ3) is 3.75. The van der Waals surface area contributed by atoms with Crippen molar-refractivity contribution in [3.8, 4) is 11.5 Å². The molecule has 0 bridgehead atoms. The van der Waals surface area contributed by atoms with Gasteiger partial charge in [-0.1, -0.05) is 32.1 Å². The zero-order chi connectivity index (χ0) is 18.9. The Morgan fingerprint density at radius 3 is 2.62 bits per heavy atom. The Labute approximate surface area is 155 Å². The number of benzene rings is 1. The molecule has 0 aliphatic carbocycles. The van der Waals surface area contributed by atoms with Crippen molar-refractivity contribution in [2.45, 2.75) is 40.7 Å². The molecule has 140 valence electrons. The predicted molar refractivity (Wildman–Crippen MR) is 97.2 cm³/mol. The van der Waals surface area contributed by atoms with Gasteiger partial charge in [0.1, 0.15) is 0 Å². The fourth-order valence-corrected chi connectivity index (χ4v) is 3.52. The maximum Gasteiger partial charge on any atom is 0.307 e. The van der Waals surface area contributed by atoms with E-state index in [-0.39, 0.29) is 25.1 Å². The molecule has 3 rings (SSSR count). The molecule has 0 saturated heterocycles. The van der Waals surface area contributed by atoms with Gasteiger partial charge in [0.2, 0.25) is 6.79 Å². The number of rotatable bonds is 4. The van der Waals surface area contributed by atoms with Gasteiger partial charge >= 0.3 is 5.97 Å². The van der Waals surface area contributed by atoms with Gasteiger partial charge in [0.25, 0.3) is 5.91 Å². The van der Waals surface area contributed by atoms with Gasteiger partial charge in [-0.05, 0) is 6.92 Å². The van der Waals surface area contributed by atoms with E-state index in [1.807, 2.05) is 37.5 Å². The van der Waals surface area contributed by atoms with Crippen LogP contribution in [0, 0.1) is 5.41 Å². The number of aromatic nitrogens is 1. The molecule has 7 nitrogen and oxygen atoms in total. The molecule has 0 N–H and O–H groups in total. The van der Waals surface area contributed by atoms with Crippen molar-refractivity contribution in [3.63, 3.8) is 0 Å². The minimum Gasteiger partial charge on any atom is -0.466 e. The van der Waals surface area contributed by atoms with Crippen LogP contribution in [0.4, 0.5) is 0 Å². The van der Waals surface area contributed by atoms with Crippen molar-refractivity contribution in [3.05, 3.63) is 16.9 Å². The second-order valence-corrected chi connectivity index (χ2v) is 7.94. The van der Waals surface area contributed by atoms with E-state index in [1.165, 1.54) is 11.3 Å². The molecule has 0 fully saturated rings. The van der Waals surface area contributed by atoms with Crippen LogP contribution in [0.25, 0.3) is 10.2 Å². The fraction of sp³-hybridized carbons (Fsp3) is 0.500. The average molecular weight is 378 g/mol. The van der Waals surface area contributed by atoms with Gasteiger partial charge in [-0.15, -0.1) is 0 Å². The van der Waals surface area contributed by atoms with E-state index in [1.54, 1.807) is 6.92 Å². The summed E-state index contributed by atoms with van der Waals surface area (Å²) in [5.74, 6) is 0.820. The molecule has 0 spiro atoms. The average Bonchev–Trinajstić information content (AvgIpc) is 3.13. The van der Waals surface area contributed by atoms with E-state index in [2.05, 4.69) is 4.99 Å². The van der Waals surface area contributed by atoms with Crippen LogP contribution in [0.15, 0.2) is 17.1 Å². The molecule has 0 unspecified atom stereocenters. The largest absolute Gasteiger partial charge is 0.466 e. The van der Waals surface area contributed by atoms with Crippen LogP contribution in [0.1, 0.15) is 34.1 Å². The number of hydrogen-bond acceptors (Lipinski definition) is 6. The van der Waals surface area contributed by atoms with E-state index in [4.69, 9.17) is 14.2 Å². The Bertz CT molecular complexity index is 920. The SMILES string of the molecule is CCOC(=O)CCn1c(=NC(=O)C(C)(C)C)sc2cc3c(cc21)OCO3. The van der Waals surface area contributed by atoms with Crippen LogP contribution in [-0.4, -0.2) is 29.8 Å². The molecule has 2 heterocycles. The van der Waals surface area contributed by atoms with Crippen LogP contribution >= 0.6 is 11.3 Å². The maximum absolute atomic E-state index is 12.4. The topological polar surface area (TPSA) is 79.1 Å². The number of hydrogen-bond donors (Lipinski definition) is 0. The minimum absolute atomic E-state index is 0.190. The fourth-order valence-electron chi connectivity index (χ4n) is 2.45. The summed E-state index contributed by atoms with van der Waals surface area (Å²) in [6, 6.07) is 3.74. The van der Waals surface area contributed by atoms with Gasteiger partial charge in [0, 0.05) is 24.1 Å². The molecule has 1 aliphatic rings. The lowest BCUT2D eigenvalue weighted by molar-refractivity contribution is -0.143. The Hall–Kier alpha value is -2.35. The number of ether oxygens (including phenoxy) is 3. The number of nitrogens with zero attached hydrogens (tertiary/aromatic N) is 2. The summed E-state index contributed by atoms with van der Waals surface area (Å²) in [6.07, 6.45) is 0.199. The number of thiazole rings is 1. The normalized spacial score (nSPS) is 14.1. The van der Waals surface area contributed by atoms with Crippen LogP contribution in [0.5, 0.6) is 11.5 Å². The first kappa shape index (κ1) is 18.4. The summed E-state index contributed by atoms with van der Waals surface area (Å²) < 4.78 is 18.7. The number of carbonyl (C=O) groups excluding carboxylic acids is 2. The Morgan fingerprint density at radius 2 is 1.96 bits per heavy atom. The zero-order valence-electron chi connectivity index (χ0n) is 15.3. The van der Waals surface area contributed by atoms with Gasteiger partial charge in [0.15, 0.2) is 16.3 Å². The quantitative estimate of drug-likeness (QED) is 0.765. The molecular weight excluding hydrogens is 356 g/mol. The highest BCUT2D eigenvalue weighted by atomic mass is 32.1. The lowest BCUT2D eigenvalue weighted by Crippen LogP contribution is -2.24. The number of fused-ring (bicyclic) bond motifs is 2. The molecule has 26 heavy (non-hydrogen) atoms. The standard InChI is InChI=1S/C18H22N2O5S/c1-5-23-15(21)6-7-20-11-8-12-13(25-10-24-12)9-14(11)26-17(20)19-16(22)18(2,3)4/h8-9H,5-7,10H2,1-4H3. The molecule has 1 aromatic heterocycles. The summed E-state index contributed by atoms with van der Waals surface area (Å²) >= 11 is 1.39. The van der Waals surface area contributed by atoms with Gasteiger partial charge in [-0.2, -0.15) is 4.99 Å². The van der Waals surface area contributed by atoms with Gasteiger partial charge < -0.3 is 18.8 Å². The molecule has 1 aliphatic heterocycles. The molecule has 1 amide bonds. The van der Waals surface area contributed by atoms with Crippen molar-refractivity contribution in [2.24, 2.45) is 10.4 Å². The van der Waals surface area contributed by atoms with Crippen LogP contribution in [0.2, 0.25) is 0 Å². The molecule has 8 heteroatoms. The molecule has 0 radical (unpaired) electrons. The van der Waals surface area contributed by atoms with E-state index in [0.29, 0.717) is 29.5 Å². The Kier molecular flexibility index (Phi) is 5.04. The van der Waals surface area contributed by atoms with Gasteiger partial charge in [-0.3, -0.25) is 9.59 Å². The highest BCUT2D eigenvalue weighted by Gasteiger charge is 2.22. The first-order valence-electron chi connectivity index (χ1n) is 8.47. The molecular formula is C18H22N2O5S. The van der Waals surface area contributed by atoms with Crippen molar-refractivity contribution < 1.29 is 23.8 Å². The third-order valence-corrected chi connectivity index (χ3v) is 4.90. The van der Waals surface area contributed by atoms with Crippen molar-refractivity contribution in [1.82, 2.24) is 4.57 Å². The third-order valence-electron chi connectivity index (χ3n) is 3.86. The smallest absolute Gasteiger partial charge is 0.307 e. The first-order chi connectivity index (χ1) is 12.3.